The van der Waals surface area contributed by atoms with Gasteiger partial charge in [-0.25, -0.2) is 4.79 Å². The maximum atomic E-state index is 12.3. The Bertz CT molecular complexity index is 426. The fourth-order valence-electron chi connectivity index (χ4n) is 1.24. The molecule has 0 unspecified atom stereocenters. The Kier molecular flexibility index (Phi) is 5.14. The van der Waals surface area contributed by atoms with Gasteiger partial charge >= 0.3 is 12.6 Å². The zero-order valence-corrected chi connectivity index (χ0v) is 11.0. The Morgan fingerprint density at radius 1 is 1.53 bits per heavy atom. The summed E-state index contributed by atoms with van der Waals surface area (Å²) >= 11 is 8.87. The molecule has 0 aliphatic rings. The van der Waals surface area contributed by atoms with Gasteiger partial charge in [-0.1, -0.05) is 27.5 Å². The Morgan fingerprint density at radius 3 is 2.65 bits per heavy atom. The number of rotatable bonds is 4. The van der Waals surface area contributed by atoms with Crippen molar-refractivity contribution in [2.24, 2.45) is 0 Å². The van der Waals surface area contributed by atoms with Gasteiger partial charge in [-0.15, -0.1) is 0 Å². The molecule has 0 fully saturated rings. The molecular weight excluding hydrogens is 321 g/mol. The van der Waals surface area contributed by atoms with E-state index in [9.17, 15) is 13.6 Å². The molecule has 1 aromatic rings. The minimum atomic E-state index is -3.03. The zero-order chi connectivity index (χ0) is 13.0. The standard InChI is InChI=1S/C10H8BrClF2O3/c1-16-9(15)7-3-6(12)2-5(4-11)8(7)17-10(13)14/h2-3,10H,4H2,1H3. The van der Waals surface area contributed by atoms with Crippen molar-refractivity contribution < 1.29 is 23.0 Å². The molecule has 0 saturated heterocycles. The van der Waals surface area contributed by atoms with Crippen LogP contribution in [0.25, 0.3) is 0 Å². The fraction of sp³-hybridized carbons (Fsp3) is 0.300. The molecule has 0 atom stereocenters. The number of esters is 1. The van der Waals surface area contributed by atoms with E-state index < -0.39 is 12.6 Å². The lowest BCUT2D eigenvalue weighted by Crippen LogP contribution is -2.11. The van der Waals surface area contributed by atoms with E-state index in [1.165, 1.54) is 12.1 Å². The van der Waals surface area contributed by atoms with Crippen molar-refractivity contribution in [1.82, 2.24) is 0 Å². The molecule has 1 aromatic carbocycles. The lowest BCUT2D eigenvalue weighted by molar-refractivity contribution is -0.0508. The van der Waals surface area contributed by atoms with Crippen LogP contribution in [-0.4, -0.2) is 19.7 Å². The van der Waals surface area contributed by atoms with Crippen LogP contribution in [0.5, 0.6) is 5.75 Å². The lowest BCUT2D eigenvalue weighted by atomic mass is 10.1. The first-order valence-electron chi connectivity index (χ1n) is 4.41. The molecule has 94 valence electrons. The Hall–Kier alpha value is -0.880. The predicted octanol–water partition coefficient (Wildman–Crippen LogP) is 3.62. The largest absolute Gasteiger partial charge is 0.465 e. The van der Waals surface area contributed by atoms with E-state index in [1.807, 2.05) is 0 Å². The van der Waals surface area contributed by atoms with Gasteiger partial charge in [-0.3, -0.25) is 0 Å². The summed E-state index contributed by atoms with van der Waals surface area (Å²) in [7, 11) is 1.14. The summed E-state index contributed by atoms with van der Waals surface area (Å²) in [5.74, 6) is -1.02. The summed E-state index contributed by atoms with van der Waals surface area (Å²) in [6, 6.07) is 2.65. The van der Waals surface area contributed by atoms with Crippen LogP contribution in [0.3, 0.4) is 0 Å². The minimum absolute atomic E-state index is 0.130. The van der Waals surface area contributed by atoms with E-state index in [-0.39, 0.29) is 21.7 Å². The predicted molar refractivity (Wildman–Crippen MR) is 62.1 cm³/mol. The van der Waals surface area contributed by atoms with Gasteiger partial charge in [0.15, 0.2) is 0 Å². The highest BCUT2D eigenvalue weighted by molar-refractivity contribution is 9.08. The maximum absolute atomic E-state index is 12.3. The molecule has 0 aliphatic heterocycles. The van der Waals surface area contributed by atoms with Gasteiger partial charge in [0.05, 0.1) is 7.11 Å². The number of carbonyl (C=O) groups is 1. The number of halogens is 4. The molecule has 0 spiro atoms. The first-order chi connectivity index (χ1) is 7.99. The highest BCUT2D eigenvalue weighted by atomic mass is 79.9. The third kappa shape index (κ3) is 3.54. The van der Waals surface area contributed by atoms with Crippen molar-refractivity contribution in [1.29, 1.82) is 0 Å². The number of methoxy groups -OCH3 is 1. The van der Waals surface area contributed by atoms with Crippen LogP contribution in [0.1, 0.15) is 15.9 Å². The van der Waals surface area contributed by atoms with Crippen LogP contribution < -0.4 is 4.74 Å². The van der Waals surface area contributed by atoms with Gasteiger partial charge in [0.25, 0.3) is 0 Å². The summed E-state index contributed by atoms with van der Waals surface area (Å²) in [4.78, 5) is 11.4. The molecule has 0 radical (unpaired) electrons. The fourth-order valence-corrected chi connectivity index (χ4v) is 1.90. The van der Waals surface area contributed by atoms with Crippen molar-refractivity contribution in [3.63, 3.8) is 0 Å². The van der Waals surface area contributed by atoms with Crippen LogP contribution in [0.4, 0.5) is 8.78 Å². The second kappa shape index (κ2) is 6.16. The topological polar surface area (TPSA) is 35.5 Å². The van der Waals surface area contributed by atoms with E-state index >= 15 is 0 Å². The summed E-state index contributed by atoms with van der Waals surface area (Å²) in [6.45, 7) is -3.03. The average molecular weight is 330 g/mol. The molecule has 0 amide bonds. The van der Waals surface area contributed by atoms with E-state index in [0.717, 1.165) is 7.11 Å². The van der Waals surface area contributed by atoms with Gasteiger partial charge in [0.1, 0.15) is 11.3 Å². The molecule has 0 aromatic heterocycles. The highest BCUT2D eigenvalue weighted by Crippen LogP contribution is 2.31. The smallest absolute Gasteiger partial charge is 0.387 e. The van der Waals surface area contributed by atoms with Gasteiger partial charge in [-0.2, -0.15) is 8.78 Å². The molecule has 1 rings (SSSR count). The Balaban J connectivity index is 3.33. The van der Waals surface area contributed by atoms with Gasteiger partial charge in [0, 0.05) is 15.9 Å². The number of carbonyl (C=O) groups excluding carboxylic acids is 1. The molecule has 3 nitrogen and oxygen atoms in total. The third-order valence-corrected chi connectivity index (χ3v) is 2.71. The normalized spacial score (nSPS) is 10.5. The number of hydrogen-bond acceptors (Lipinski definition) is 3. The van der Waals surface area contributed by atoms with Gasteiger partial charge in [0.2, 0.25) is 0 Å². The van der Waals surface area contributed by atoms with Crippen LogP contribution in [0.2, 0.25) is 5.02 Å². The number of benzene rings is 1. The molecular formula is C10H8BrClF2O3. The van der Waals surface area contributed by atoms with Crippen LogP contribution >= 0.6 is 27.5 Å². The van der Waals surface area contributed by atoms with Crippen molar-refractivity contribution >= 4 is 33.5 Å². The van der Waals surface area contributed by atoms with E-state index in [0.29, 0.717) is 5.56 Å². The zero-order valence-electron chi connectivity index (χ0n) is 8.68. The van der Waals surface area contributed by atoms with Gasteiger partial charge < -0.3 is 9.47 Å². The van der Waals surface area contributed by atoms with E-state index in [4.69, 9.17) is 11.6 Å². The van der Waals surface area contributed by atoms with Crippen molar-refractivity contribution in [2.75, 3.05) is 7.11 Å². The highest BCUT2D eigenvalue weighted by Gasteiger charge is 2.20. The van der Waals surface area contributed by atoms with Crippen molar-refractivity contribution in [3.8, 4) is 5.75 Å². The van der Waals surface area contributed by atoms with Crippen molar-refractivity contribution in [2.45, 2.75) is 11.9 Å². The SMILES string of the molecule is COC(=O)c1cc(Cl)cc(CBr)c1OC(F)F. The monoisotopic (exact) mass is 328 g/mol. The van der Waals surface area contributed by atoms with E-state index in [2.05, 4.69) is 25.4 Å². The number of alkyl halides is 3. The number of ether oxygens (including phenoxy) is 2. The minimum Gasteiger partial charge on any atom is -0.465 e. The Morgan fingerprint density at radius 2 is 2.18 bits per heavy atom. The summed E-state index contributed by atoms with van der Waals surface area (Å²) in [5, 5.41) is 0.459. The summed E-state index contributed by atoms with van der Waals surface area (Å²) < 4.78 is 33.3. The lowest BCUT2D eigenvalue weighted by Gasteiger charge is -2.13. The quantitative estimate of drug-likeness (QED) is 0.625. The summed E-state index contributed by atoms with van der Waals surface area (Å²) in [5.41, 5.74) is 0.216. The van der Waals surface area contributed by atoms with Crippen LogP contribution in [0, 0.1) is 0 Å². The molecule has 0 heterocycles. The molecule has 0 saturated carbocycles. The average Bonchev–Trinajstić information content (AvgIpc) is 2.29. The molecule has 17 heavy (non-hydrogen) atoms. The number of hydrogen-bond donors (Lipinski definition) is 0. The molecule has 0 aliphatic carbocycles. The van der Waals surface area contributed by atoms with E-state index in [1.54, 1.807) is 0 Å². The second-order valence-corrected chi connectivity index (χ2v) is 3.94. The third-order valence-electron chi connectivity index (χ3n) is 1.89. The molecule has 0 N–H and O–H groups in total. The first kappa shape index (κ1) is 14.2. The Labute approximate surface area is 110 Å². The van der Waals surface area contributed by atoms with Crippen molar-refractivity contribution in [3.05, 3.63) is 28.3 Å². The van der Waals surface area contributed by atoms with Crippen LogP contribution in [0.15, 0.2) is 12.1 Å². The second-order valence-electron chi connectivity index (χ2n) is 2.95. The summed E-state index contributed by atoms with van der Waals surface area (Å²) in [6.07, 6.45) is 0. The maximum Gasteiger partial charge on any atom is 0.387 e. The molecule has 0 bridgehead atoms. The van der Waals surface area contributed by atoms with Crippen LogP contribution in [-0.2, 0) is 10.1 Å². The molecule has 7 heteroatoms. The first-order valence-corrected chi connectivity index (χ1v) is 5.91. The van der Waals surface area contributed by atoms with Gasteiger partial charge in [-0.05, 0) is 12.1 Å².